The van der Waals surface area contributed by atoms with Crippen molar-refractivity contribution in [2.75, 3.05) is 12.8 Å². The van der Waals surface area contributed by atoms with Gasteiger partial charge in [-0.05, 0) is 18.1 Å². The summed E-state index contributed by atoms with van der Waals surface area (Å²) in [5, 5.41) is 4.50. The molecule has 1 aromatic heterocycles. The predicted molar refractivity (Wildman–Crippen MR) is 68.6 cm³/mol. The zero-order chi connectivity index (χ0) is 12.4. The third kappa shape index (κ3) is 2.11. The van der Waals surface area contributed by atoms with E-state index in [1.165, 1.54) is 0 Å². The molecule has 0 atom stereocenters. The number of methoxy groups -OCH3 is 1. The summed E-state index contributed by atoms with van der Waals surface area (Å²) < 4.78 is 7.02. The number of hydrogen-bond acceptors (Lipinski definition) is 3. The van der Waals surface area contributed by atoms with Crippen LogP contribution < -0.4 is 10.5 Å². The molecule has 0 saturated carbocycles. The number of nitrogens with zero attached hydrogens (tertiary/aromatic N) is 2. The van der Waals surface area contributed by atoms with Gasteiger partial charge in [0.05, 0.1) is 12.8 Å². The van der Waals surface area contributed by atoms with Gasteiger partial charge < -0.3 is 10.5 Å². The molecule has 0 aliphatic carbocycles. The average Bonchev–Trinajstić information content (AvgIpc) is 2.71. The lowest BCUT2D eigenvalue weighted by Crippen LogP contribution is -2.04. The molecule has 17 heavy (non-hydrogen) atoms. The fourth-order valence-electron chi connectivity index (χ4n) is 1.69. The molecule has 0 radical (unpaired) electrons. The standard InChI is InChI=1S/C13H17N3O/c1-9(2)10-8-13(14)16(15-10)11-6-4-5-7-12(11)17-3/h4-9H,14H2,1-3H3. The Balaban J connectivity index is 2.52. The van der Waals surface area contributed by atoms with E-state index in [1.54, 1.807) is 11.8 Å². The van der Waals surface area contributed by atoms with Crippen LogP contribution in [0.3, 0.4) is 0 Å². The average molecular weight is 231 g/mol. The largest absolute Gasteiger partial charge is 0.494 e. The molecule has 90 valence electrons. The Morgan fingerprint density at radius 1 is 1.29 bits per heavy atom. The highest BCUT2D eigenvalue weighted by molar-refractivity contribution is 5.51. The van der Waals surface area contributed by atoms with Crippen LogP contribution in [0.1, 0.15) is 25.5 Å². The zero-order valence-corrected chi connectivity index (χ0v) is 10.3. The van der Waals surface area contributed by atoms with Gasteiger partial charge >= 0.3 is 0 Å². The highest BCUT2D eigenvalue weighted by atomic mass is 16.5. The summed E-state index contributed by atoms with van der Waals surface area (Å²) in [4.78, 5) is 0. The van der Waals surface area contributed by atoms with Crippen LogP contribution in [-0.4, -0.2) is 16.9 Å². The number of ether oxygens (including phenoxy) is 1. The van der Waals surface area contributed by atoms with Gasteiger partial charge in [-0.1, -0.05) is 26.0 Å². The van der Waals surface area contributed by atoms with Crippen molar-refractivity contribution in [3.05, 3.63) is 36.0 Å². The lowest BCUT2D eigenvalue weighted by molar-refractivity contribution is 0.412. The van der Waals surface area contributed by atoms with Gasteiger partial charge in [0.1, 0.15) is 17.3 Å². The van der Waals surface area contributed by atoms with Gasteiger partial charge in [-0.25, -0.2) is 4.68 Å². The first kappa shape index (κ1) is 11.5. The lowest BCUT2D eigenvalue weighted by Gasteiger charge is -2.09. The highest BCUT2D eigenvalue weighted by Gasteiger charge is 2.12. The first-order chi connectivity index (χ1) is 8.13. The van der Waals surface area contributed by atoms with E-state index in [0.29, 0.717) is 11.7 Å². The number of rotatable bonds is 3. The Morgan fingerprint density at radius 3 is 2.59 bits per heavy atom. The predicted octanol–water partition coefficient (Wildman–Crippen LogP) is 2.59. The molecule has 2 aromatic rings. The Morgan fingerprint density at radius 2 is 2.00 bits per heavy atom. The quantitative estimate of drug-likeness (QED) is 0.883. The van der Waals surface area contributed by atoms with Crippen LogP contribution in [0.2, 0.25) is 0 Å². The minimum absolute atomic E-state index is 0.355. The summed E-state index contributed by atoms with van der Waals surface area (Å²) in [6.45, 7) is 4.18. The molecule has 0 aliphatic rings. The molecular formula is C13H17N3O. The Kier molecular flexibility index (Phi) is 3.04. The maximum atomic E-state index is 5.98. The van der Waals surface area contributed by atoms with Crippen LogP contribution in [0.15, 0.2) is 30.3 Å². The molecule has 2 rings (SSSR count). The SMILES string of the molecule is COc1ccccc1-n1nc(C(C)C)cc1N. The second kappa shape index (κ2) is 4.49. The molecule has 0 fully saturated rings. The molecule has 2 N–H and O–H groups in total. The maximum Gasteiger partial charge on any atom is 0.144 e. The van der Waals surface area contributed by atoms with Gasteiger partial charge in [0.15, 0.2) is 0 Å². The van der Waals surface area contributed by atoms with E-state index in [1.807, 2.05) is 30.3 Å². The van der Waals surface area contributed by atoms with E-state index in [0.717, 1.165) is 17.1 Å². The van der Waals surface area contributed by atoms with Crippen LogP contribution in [0.5, 0.6) is 5.75 Å². The number of para-hydroxylation sites is 2. The molecule has 0 bridgehead atoms. The molecule has 4 nitrogen and oxygen atoms in total. The van der Waals surface area contributed by atoms with Crippen LogP contribution in [0.4, 0.5) is 5.82 Å². The molecule has 0 unspecified atom stereocenters. The van der Waals surface area contributed by atoms with Gasteiger partial charge in [0, 0.05) is 6.07 Å². The van der Waals surface area contributed by atoms with Gasteiger partial charge in [-0.3, -0.25) is 0 Å². The second-order valence-corrected chi connectivity index (χ2v) is 4.23. The maximum absolute atomic E-state index is 5.98. The van der Waals surface area contributed by atoms with Crippen LogP contribution in [0, 0.1) is 0 Å². The molecule has 0 saturated heterocycles. The van der Waals surface area contributed by atoms with Crippen molar-refractivity contribution >= 4 is 5.82 Å². The van der Waals surface area contributed by atoms with Gasteiger partial charge in [-0.2, -0.15) is 5.10 Å². The van der Waals surface area contributed by atoms with Crippen molar-refractivity contribution in [1.82, 2.24) is 9.78 Å². The van der Waals surface area contributed by atoms with Gasteiger partial charge in [0.2, 0.25) is 0 Å². The molecule has 0 aliphatic heterocycles. The number of aromatic nitrogens is 2. The van der Waals surface area contributed by atoms with Gasteiger partial charge in [0.25, 0.3) is 0 Å². The fraction of sp³-hybridized carbons (Fsp3) is 0.308. The minimum Gasteiger partial charge on any atom is -0.494 e. The molecule has 0 spiro atoms. The molecule has 1 heterocycles. The number of hydrogen-bond donors (Lipinski definition) is 1. The molecule has 1 aromatic carbocycles. The molecule has 0 amide bonds. The Labute approximate surface area is 101 Å². The lowest BCUT2D eigenvalue weighted by atomic mass is 10.1. The van der Waals surface area contributed by atoms with Crippen LogP contribution >= 0.6 is 0 Å². The highest BCUT2D eigenvalue weighted by Crippen LogP contribution is 2.26. The minimum atomic E-state index is 0.355. The number of nitrogen functional groups attached to an aromatic ring is 1. The van der Waals surface area contributed by atoms with Crippen molar-refractivity contribution in [3.8, 4) is 11.4 Å². The Bertz CT molecular complexity index is 517. The smallest absolute Gasteiger partial charge is 0.144 e. The van der Waals surface area contributed by atoms with E-state index in [4.69, 9.17) is 10.5 Å². The topological polar surface area (TPSA) is 53.1 Å². The summed E-state index contributed by atoms with van der Waals surface area (Å²) in [5.74, 6) is 1.74. The molecular weight excluding hydrogens is 214 g/mol. The molecule has 4 heteroatoms. The van der Waals surface area contributed by atoms with E-state index >= 15 is 0 Å². The first-order valence-corrected chi connectivity index (χ1v) is 5.62. The summed E-state index contributed by atoms with van der Waals surface area (Å²) >= 11 is 0. The van der Waals surface area contributed by atoms with Crippen molar-refractivity contribution in [2.24, 2.45) is 0 Å². The zero-order valence-electron chi connectivity index (χ0n) is 10.3. The van der Waals surface area contributed by atoms with Crippen molar-refractivity contribution in [2.45, 2.75) is 19.8 Å². The van der Waals surface area contributed by atoms with Crippen molar-refractivity contribution in [3.63, 3.8) is 0 Å². The van der Waals surface area contributed by atoms with Crippen LogP contribution in [0.25, 0.3) is 5.69 Å². The number of benzene rings is 1. The summed E-state index contributed by atoms with van der Waals surface area (Å²) in [5.41, 5.74) is 7.82. The summed E-state index contributed by atoms with van der Waals surface area (Å²) in [7, 11) is 1.64. The van der Waals surface area contributed by atoms with E-state index in [2.05, 4.69) is 18.9 Å². The van der Waals surface area contributed by atoms with Crippen molar-refractivity contribution in [1.29, 1.82) is 0 Å². The summed E-state index contributed by atoms with van der Waals surface area (Å²) in [6, 6.07) is 9.59. The van der Waals surface area contributed by atoms with Crippen molar-refractivity contribution < 1.29 is 4.74 Å². The summed E-state index contributed by atoms with van der Waals surface area (Å²) in [6.07, 6.45) is 0. The second-order valence-electron chi connectivity index (χ2n) is 4.23. The monoisotopic (exact) mass is 231 g/mol. The third-order valence-corrected chi connectivity index (χ3v) is 2.66. The van der Waals surface area contributed by atoms with Crippen LogP contribution in [-0.2, 0) is 0 Å². The number of anilines is 1. The van der Waals surface area contributed by atoms with Gasteiger partial charge in [-0.15, -0.1) is 0 Å². The number of nitrogens with two attached hydrogens (primary N) is 1. The third-order valence-electron chi connectivity index (χ3n) is 2.66. The van der Waals surface area contributed by atoms with E-state index in [9.17, 15) is 0 Å². The normalized spacial score (nSPS) is 10.8. The Hall–Kier alpha value is -1.97. The van der Waals surface area contributed by atoms with E-state index < -0.39 is 0 Å². The fourth-order valence-corrected chi connectivity index (χ4v) is 1.69. The first-order valence-electron chi connectivity index (χ1n) is 5.62. The van der Waals surface area contributed by atoms with E-state index in [-0.39, 0.29) is 0 Å².